The Labute approximate surface area is 134 Å². The van der Waals surface area contributed by atoms with Crippen LogP contribution >= 0.6 is 0 Å². The van der Waals surface area contributed by atoms with Crippen LogP contribution in [0.2, 0.25) is 0 Å². The van der Waals surface area contributed by atoms with E-state index in [-0.39, 0.29) is 11.6 Å². The number of aryl methyl sites for hydroxylation is 2. The summed E-state index contributed by atoms with van der Waals surface area (Å²) in [4.78, 5) is 2.58. The third-order valence-corrected chi connectivity index (χ3v) is 5.43. The van der Waals surface area contributed by atoms with Gasteiger partial charge in [0, 0.05) is 24.1 Å². The van der Waals surface area contributed by atoms with Gasteiger partial charge < -0.3 is 15.4 Å². The Morgan fingerprint density at radius 3 is 2.55 bits per heavy atom. The second-order valence-corrected chi connectivity index (χ2v) is 7.69. The van der Waals surface area contributed by atoms with Crippen molar-refractivity contribution >= 4 is 0 Å². The highest BCUT2D eigenvalue weighted by Gasteiger charge is 2.43. The topological polar surface area (TPSA) is 38.5 Å². The van der Waals surface area contributed by atoms with Gasteiger partial charge in [0.05, 0.1) is 0 Å². The molecule has 22 heavy (non-hydrogen) atoms. The van der Waals surface area contributed by atoms with Crippen molar-refractivity contribution < 1.29 is 4.74 Å². The molecule has 2 unspecified atom stereocenters. The predicted octanol–water partition coefficient (Wildman–Crippen LogP) is 3.58. The number of likely N-dealkylation sites (tertiary alicyclic amines) is 1. The van der Waals surface area contributed by atoms with Crippen molar-refractivity contribution in [2.24, 2.45) is 11.7 Å². The van der Waals surface area contributed by atoms with E-state index in [1.807, 2.05) is 0 Å². The summed E-state index contributed by atoms with van der Waals surface area (Å²) in [5.74, 6) is 1.32. The van der Waals surface area contributed by atoms with Crippen molar-refractivity contribution in [1.29, 1.82) is 0 Å². The number of rotatable bonds is 2. The van der Waals surface area contributed by atoms with Gasteiger partial charge in [0.2, 0.25) is 0 Å². The van der Waals surface area contributed by atoms with E-state index < -0.39 is 0 Å². The fourth-order valence-corrected chi connectivity index (χ4v) is 4.20. The number of fused-ring (bicyclic) bond motifs is 1. The number of piperidine rings is 1. The lowest BCUT2D eigenvalue weighted by Crippen LogP contribution is -2.52. The van der Waals surface area contributed by atoms with E-state index in [4.69, 9.17) is 10.5 Å². The third kappa shape index (κ3) is 2.89. The highest BCUT2D eigenvalue weighted by Crippen LogP contribution is 2.44. The lowest BCUT2D eigenvalue weighted by Gasteiger charge is -2.46. The summed E-state index contributed by atoms with van der Waals surface area (Å²) in [5.41, 5.74) is 10.2. The van der Waals surface area contributed by atoms with E-state index in [2.05, 4.69) is 44.7 Å². The Morgan fingerprint density at radius 2 is 1.86 bits per heavy atom. The zero-order valence-electron chi connectivity index (χ0n) is 14.5. The number of nitrogens with zero attached hydrogens (tertiary/aromatic N) is 1. The summed E-state index contributed by atoms with van der Waals surface area (Å²) < 4.78 is 6.40. The first-order chi connectivity index (χ1) is 10.4. The smallest absolute Gasteiger partial charge is 0.125 e. The third-order valence-electron chi connectivity index (χ3n) is 5.43. The van der Waals surface area contributed by atoms with Gasteiger partial charge in [-0.25, -0.2) is 0 Å². The minimum Gasteiger partial charge on any atom is -0.487 e. The van der Waals surface area contributed by atoms with Gasteiger partial charge in [0.25, 0.3) is 0 Å². The molecule has 0 radical (unpaired) electrons. The fraction of sp³-hybridized carbons (Fsp3) is 0.684. The van der Waals surface area contributed by atoms with Crippen LogP contribution in [0.1, 0.15) is 55.8 Å². The van der Waals surface area contributed by atoms with Crippen LogP contribution in [0, 0.1) is 19.8 Å². The Balaban J connectivity index is 1.90. The monoisotopic (exact) mass is 302 g/mol. The average Bonchev–Trinajstić information content (AvgIpc) is 2.43. The number of benzene rings is 1. The normalized spacial score (nSPS) is 28.0. The maximum absolute atomic E-state index is 6.73. The summed E-state index contributed by atoms with van der Waals surface area (Å²) in [7, 11) is 0. The summed E-state index contributed by atoms with van der Waals surface area (Å²) >= 11 is 0. The van der Waals surface area contributed by atoms with E-state index in [0.717, 1.165) is 12.3 Å². The highest BCUT2D eigenvalue weighted by atomic mass is 16.5. The molecule has 0 aliphatic carbocycles. The first-order valence-corrected chi connectivity index (χ1v) is 8.66. The number of hydrogen-bond acceptors (Lipinski definition) is 3. The molecule has 0 spiro atoms. The maximum atomic E-state index is 6.73. The lowest BCUT2D eigenvalue weighted by molar-refractivity contribution is -0.00938. The molecule has 2 aliphatic heterocycles. The Bertz CT molecular complexity index is 547. The number of hydrogen-bond donors (Lipinski definition) is 1. The first kappa shape index (κ1) is 15.8. The van der Waals surface area contributed by atoms with Crippen molar-refractivity contribution in [1.82, 2.24) is 4.90 Å². The molecule has 122 valence electrons. The summed E-state index contributed by atoms with van der Waals surface area (Å²) in [6, 6.07) is 4.42. The number of nitrogens with two attached hydrogens (primary N) is 1. The minimum atomic E-state index is -0.218. The van der Waals surface area contributed by atoms with Crippen molar-refractivity contribution in [3.63, 3.8) is 0 Å². The molecule has 2 aliphatic rings. The van der Waals surface area contributed by atoms with Crippen LogP contribution in [0.15, 0.2) is 12.1 Å². The molecule has 0 saturated carbocycles. The molecule has 1 saturated heterocycles. The Kier molecular flexibility index (Phi) is 4.21. The van der Waals surface area contributed by atoms with Crippen molar-refractivity contribution in [3.8, 4) is 5.75 Å². The van der Waals surface area contributed by atoms with Gasteiger partial charge in [-0.3, -0.25) is 0 Å². The SMILES string of the molecule is Cc1cc(C)c2c(c1)OC(C)(C)C(CN1CCCCC1)C2N. The van der Waals surface area contributed by atoms with E-state index in [0.29, 0.717) is 5.92 Å². The molecule has 1 aromatic rings. The quantitative estimate of drug-likeness (QED) is 0.907. The van der Waals surface area contributed by atoms with E-state index in [1.54, 1.807) is 0 Å². The molecule has 2 N–H and O–H groups in total. The van der Waals surface area contributed by atoms with Crippen molar-refractivity contribution in [2.75, 3.05) is 19.6 Å². The molecule has 3 rings (SSSR count). The minimum absolute atomic E-state index is 0.0567. The molecule has 0 aromatic heterocycles. The van der Waals surface area contributed by atoms with Crippen LogP contribution in [-0.2, 0) is 0 Å². The Morgan fingerprint density at radius 1 is 1.18 bits per heavy atom. The molecular weight excluding hydrogens is 272 g/mol. The second kappa shape index (κ2) is 5.86. The molecule has 2 atom stereocenters. The average molecular weight is 302 g/mol. The number of ether oxygens (including phenoxy) is 1. The molecule has 1 aromatic carbocycles. The molecule has 0 amide bonds. The predicted molar refractivity (Wildman–Crippen MR) is 91.3 cm³/mol. The molecule has 3 nitrogen and oxygen atoms in total. The molecule has 2 heterocycles. The summed E-state index contributed by atoms with van der Waals surface area (Å²) in [5, 5.41) is 0. The van der Waals surface area contributed by atoms with Crippen LogP contribution in [0.5, 0.6) is 5.75 Å². The van der Waals surface area contributed by atoms with Crippen LogP contribution in [0.4, 0.5) is 0 Å². The van der Waals surface area contributed by atoms with E-state index >= 15 is 0 Å². The maximum Gasteiger partial charge on any atom is 0.125 e. The second-order valence-electron chi connectivity index (χ2n) is 7.69. The molecule has 3 heteroatoms. The largest absolute Gasteiger partial charge is 0.487 e. The zero-order valence-corrected chi connectivity index (χ0v) is 14.5. The zero-order chi connectivity index (χ0) is 15.9. The standard InChI is InChI=1S/C19H30N2O/c1-13-10-14(2)17-16(11-13)22-19(3,4)15(18(17)20)12-21-8-6-5-7-9-21/h10-11,15,18H,5-9,12,20H2,1-4H3. The van der Waals surface area contributed by atoms with Gasteiger partial charge in [-0.2, -0.15) is 0 Å². The van der Waals surface area contributed by atoms with E-state index in [1.165, 1.54) is 49.0 Å². The van der Waals surface area contributed by atoms with Crippen molar-refractivity contribution in [3.05, 3.63) is 28.8 Å². The van der Waals surface area contributed by atoms with Crippen LogP contribution in [0.3, 0.4) is 0 Å². The lowest BCUT2D eigenvalue weighted by atomic mass is 9.77. The van der Waals surface area contributed by atoms with Gasteiger partial charge in [-0.15, -0.1) is 0 Å². The summed E-state index contributed by atoms with van der Waals surface area (Å²) in [6.45, 7) is 12.1. The van der Waals surface area contributed by atoms with Gasteiger partial charge in [-0.05, 0) is 70.8 Å². The van der Waals surface area contributed by atoms with E-state index in [9.17, 15) is 0 Å². The molecular formula is C19H30N2O. The van der Waals surface area contributed by atoms with Gasteiger partial charge in [0.15, 0.2) is 0 Å². The van der Waals surface area contributed by atoms with Gasteiger partial charge in [0.1, 0.15) is 11.4 Å². The van der Waals surface area contributed by atoms with Crippen LogP contribution in [-0.4, -0.2) is 30.1 Å². The molecule has 0 bridgehead atoms. The van der Waals surface area contributed by atoms with Crippen molar-refractivity contribution in [2.45, 2.75) is 58.6 Å². The highest BCUT2D eigenvalue weighted by molar-refractivity contribution is 5.47. The Hall–Kier alpha value is -1.06. The van der Waals surface area contributed by atoms with Gasteiger partial charge in [-0.1, -0.05) is 12.5 Å². The summed E-state index contributed by atoms with van der Waals surface area (Å²) in [6.07, 6.45) is 4.00. The van der Waals surface area contributed by atoms with Gasteiger partial charge >= 0.3 is 0 Å². The molecule has 1 fully saturated rings. The first-order valence-electron chi connectivity index (χ1n) is 8.66. The van der Waals surface area contributed by atoms with Crippen LogP contribution in [0.25, 0.3) is 0 Å². The fourth-order valence-electron chi connectivity index (χ4n) is 4.20. The van der Waals surface area contributed by atoms with Crippen LogP contribution < -0.4 is 10.5 Å².